The van der Waals surface area contributed by atoms with E-state index in [2.05, 4.69) is 9.97 Å². The standard InChI is InChI=1S/C20H18ClN3O3/c21-15-9-16-17(10-18(26)22-16)23-20(15)14-3-1-12(2-4-14)13-5-7-24(8-6-13)19(27)11-25/h1-5,9-10,22,25-26H,6-8,11H2. The van der Waals surface area contributed by atoms with Crippen molar-refractivity contribution in [1.82, 2.24) is 14.9 Å². The third-order valence-corrected chi connectivity index (χ3v) is 5.06. The first-order valence-corrected chi connectivity index (χ1v) is 8.99. The van der Waals surface area contributed by atoms with Gasteiger partial charge in [-0.25, -0.2) is 4.98 Å². The zero-order valence-corrected chi connectivity index (χ0v) is 15.2. The Morgan fingerprint density at radius 2 is 1.96 bits per heavy atom. The van der Waals surface area contributed by atoms with Crippen molar-refractivity contribution in [1.29, 1.82) is 0 Å². The number of nitrogens with one attached hydrogen (secondary N) is 1. The van der Waals surface area contributed by atoms with E-state index in [0.29, 0.717) is 34.8 Å². The van der Waals surface area contributed by atoms with Crippen LogP contribution in [0.1, 0.15) is 12.0 Å². The SMILES string of the molecule is O=C(CO)N1CC=C(c2ccc(-c3nc4cc(O)[nH]c4cc3Cl)cc2)CC1. The molecular weight excluding hydrogens is 366 g/mol. The van der Waals surface area contributed by atoms with Gasteiger partial charge in [-0.1, -0.05) is 41.9 Å². The van der Waals surface area contributed by atoms with Gasteiger partial charge >= 0.3 is 0 Å². The fraction of sp³-hybridized carbons (Fsp3) is 0.200. The number of aliphatic hydroxyl groups is 1. The number of fused-ring (bicyclic) bond motifs is 1. The molecule has 1 amide bonds. The summed E-state index contributed by atoms with van der Waals surface area (Å²) in [6, 6.07) is 11.3. The summed E-state index contributed by atoms with van der Waals surface area (Å²) in [6.45, 7) is 0.667. The number of aliphatic hydroxyl groups excluding tert-OH is 1. The van der Waals surface area contributed by atoms with E-state index in [-0.39, 0.29) is 11.8 Å². The number of aromatic nitrogens is 2. The molecule has 0 aliphatic carbocycles. The van der Waals surface area contributed by atoms with Crippen LogP contribution < -0.4 is 0 Å². The third kappa shape index (κ3) is 3.41. The molecule has 0 atom stereocenters. The molecule has 1 aliphatic heterocycles. The number of amides is 1. The van der Waals surface area contributed by atoms with Crippen LogP contribution in [0.2, 0.25) is 5.02 Å². The Labute approximate surface area is 160 Å². The van der Waals surface area contributed by atoms with Crippen molar-refractivity contribution in [3.05, 3.63) is 53.1 Å². The van der Waals surface area contributed by atoms with Gasteiger partial charge in [0.2, 0.25) is 5.91 Å². The summed E-state index contributed by atoms with van der Waals surface area (Å²) in [6.07, 6.45) is 2.77. The normalized spacial score (nSPS) is 14.4. The topological polar surface area (TPSA) is 89.4 Å². The van der Waals surface area contributed by atoms with Crippen molar-refractivity contribution in [3.8, 4) is 17.1 Å². The van der Waals surface area contributed by atoms with E-state index in [0.717, 1.165) is 17.5 Å². The number of carbonyl (C=O) groups is 1. The second-order valence-electron chi connectivity index (χ2n) is 6.46. The highest BCUT2D eigenvalue weighted by molar-refractivity contribution is 6.33. The minimum atomic E-state index is -0.450. The molecule has 3 N–H and O–H groups in total. The Hall–Kier alpha value is -2.83. The van der Waals surface area contributed by atoms with E-state index in [1.807, 2.05) is 30.3 Å². The van der Waals surface area contributed by atoms with E-state index in [1.165, 1.54) is 5.57 Å². The average Bonchev–Trinajstić information content (AvgIpc) is 3.06. The van der Waals surface area contributed by atoms with Gasteiger partial charge in [0.25, 0.3) is 0 Å². The molecule has 0 saturated heterocycles. The third-order valence-electron chi connectivity index (χ3n) is 4.77. The minimum Gasteiger partial charge on any atom is -0.495 e. The molecule has 27 heavy (non-hydrogen) atoms. The Morgan fingerprint density at radius 1 is 1.22 bits per heavy atom. The first-order chi connectivity index (χ1) is 13.0. The van der Waals surface area contributed by atoms with E-state index in [1.54, 1.807) is 17.0 Å². The molecule has 3 aromatic rings. The van der Waals surface area contributed by atoms with Crippen molar-refractivity contribution in [2.75, 3.05) is 19.7 Å². The molecule has 0 spiro atoms. The molecule has 2 aromatic heterocycles. The number of aromatic hydroxyl groups is 1. The lowest BCUT2D eigenvalue weighted by Gasteiger charge is -2.26. The molecule has 3 heterocycles. The average molecular weight is 384 g/mol. The number of pyridine rings is 1. The Balaban J connectivity index is 1.59. The predicted molar refractivity (Wildman–Crippen MR) is 104 cm³/mol. The van der Waals surface area contributed by atoms with Crippen LogP contribution in [0, 0.1) is 0 Å². The number of nitrogens with zero attached hydrogens (tertiary/aromatic N) is 2. The van der Waals surface area contributed by atoms with E-state index >= 15 is 0 Å². The first kappa shape index (κ1) is 17.6. The molecule has 0 bridgehead atoms. The summed E-state index contributed by atoms with van der Waals surface area (Å²) in [7, 11) is 0. The molecule has 0 fully saturated rings. The summed E-state index contributed by atoms with van der Waals surface area (Å²) in [4.78, 5) is 20.5. The van der Waals surface area contributed by atoms with E-state index < -0.39 is 6.61 Å². The number of carbonyl (C=O) groups excluding carboxylic acids is 1. The Kier molecular flexibility index (Phi) is 4.59. The highest BCUT2D eigenvalue weighted by Gasteiger charge is 2.17. The molecule has 0 unspecified atom stereocenters. The van der Waals surface area contributed by atoms with Crippen molar-refractivity contribution in [2.45, 2.75) is 6.42 Å². The van der Waals surface area contributed by atoms with E-state index in [9.17, 15) is 9.90 Å². The zero-order chi connectivity index (χ0) is 19.0. The highest BCUT2D eigenvalue weighted by atomic mass is 35.5. The molecule has 1 aliphatic rings. The van der Waals surface area contributed by atoms with Gasteiger partial charge in [-0.2, -0.15) is 0 Å². The zero-order valence-electron chi connectivity index (χ0n) is 14.4. The van der Waals surface area contributed by atoms with Crippen LogP contribution in [-0.4, -0.2) is 50.7 Å². The summed E-state index contributed by atoms with van der Waals surface area (Å²) in [5, 5.41) is 19.0. The molecule has 7 heteroatoms. The van der Waals surface area contributed by atoms with Gasteiger partial charge in [0.05, 0.1) is 21.7 Å². The largest absolute Gasteiger partial charge is 0.495 e. The maximum absolute atomic E-state index is 11.5. The second kappa shape index (κ2) is 7.06. The highest BCUT2D eigenvalue weighted by Crippen LogP contribution is 2.32. The fourth-order valence-electron chi connectivity index (χ4n) is 3.32. The maximum atomic E-state index is 11.5. The summed E-state index contributed by atoms with van der Waals surface area (Å²) in [5.74, 6) is -0.188. The van der Waals surface area contributed by atoms with Crippen LogP contribution in [0.15, 0.2) is 42.5 Å². The van der Waals surface area contributed by atoms with Crippen LogP contribution in [0.3, 0.4) is 0 Å². The van der Waals surface area contributed by atoms with Gasteiger partial charge in [0.1, 0.15) is 6.61 Å². The minimum absolute atomic E-state index is 0.0547. The van der Waals surface area contributed by atoms with Crippen LogP contribution in [0.25, 0.3) is 27.9 Å². The molecule has 6 nitrogen and oxygen atoms in total. The first-order valence-electron chi connectivity index (χ1n) is 8.62. The van der Waals surface area contributed by atoms with Gasteiger partial charge in [-0.05, 0) is 23.6 Å². The Morgan fingerprint density at radius 3 is 2.63 bits per heavy atom. The second-order valence-corrected chi connectivity index (χ2v) is 6.87. The lowest BCUT2D eigenvalue weighted by Crippen LogP contribution is -2.36. The van der Waals surface area contributed by atoms with Crippen LogP contribution >= 0.6 is 11.6 Å². The van der Waals surface area contributed by atoms with Crippen molar-refractivity contribution in [2.24, 2.45) is 0 Å². The van der Waals surface area contributed by atoms with Gasteiger partial charge in [0.15, 0.2) is 5.88 Å². The number of benzene rings is 1. The monoisotopic (exact) mass is 383 g/mol. The van der Waals surface area contributed by atoms with Gasteiger partial charge < -0.3 is 20.1 Å². The predicted octanol–water partition coefficient (Wildman–Crippen LogP) is 3.20. The quantitative estimate of drug-likeness (QED) is 0.648. The van der Waals surface area contributed by atoms with Crippen LogP contribution in [-0.2, 0) is 4.79 Å². The summed E-state index contributed by atoms with van der Waals surface area (Å²) >= 11 is 6.36. The number of hydrogen-bond donors (Lipinski definition) is 3. The maximum Gasteiger partial charge on any atom is 0.248 e. The number of aromatic amines is 1. The molecular formula is C20H18ClN3O3. The smallest absolute Gasteiger partial charge is 0.248 e. The van der Waals surface area contributed by atoms with Gasteiger partial charge in [-0.3, -0.25) is 4.79 Å². The Bertz CT molecular complexity index is 1040. The molecule has 0 saturated carbocycles. The van der Waals surface area contributed by atoms with Gasteiger partial charge in [0, 0.05) is 24.7 Å². The number of rotatable bonds is 3. The molecule has 1 aromatic carbocycles. The van der Waals surface area contributed by atoms with Crippen molar-refractivity contribution >= 4 is 34.1 Å². The van der Waals surface area contributed by atoms with Crippen LogP contribution in [0.4, 0.5) is 0 Å². The lowest BCUT2D eigenvalue weighted by molar-refractivity contribution is -0.133. The lowest BCUT2D eigenvalue weighted by atomic mass is 9.97. The van der Waals surface area contributed by atoms with Gasteiger partial charge in [-0.15, -0.1) is 0 Å². The molecule has 138 valence electrons. The number of hydrogen-bond acceptors (Lipinski definition) is 4. The number of H-pyrrole nitrogens is 1. The van der Waals surface area contributed by atoms with Crippen molar-refractivity contribution in [3.63, 3.8) is 0 Å². The number of halogens is 1. The fourth-order valence-corrected chi connectivity index (χ4v) is 3.58. The molecule has 4 rings (SSSR count). The van der Waals surface area contributed by atoms with Crippen molar-refractivity contribution < 1.29 is 15.0 Å². The summed E-state index contributed by atoms with van der Waals surface area (Å²) in [5.41, 5.74) is 5.15. The van der Waals surface area contributed by atoms with Crippen LogP contribution in [0.5, 0.6) is 5.88 Å². The molecule has 0 radical (unpaired) electrons. The summed E-state index contributed by atoms with van der Waals surface area (Å²) < 4.78 is 0. The van der Waals surface area contributed by atoms with E-state index in [4.69, 9.17) is 16.7 Å².